The molecule has 0 bridgehead atoms. The minimum Gasteiger partial charge on any atom is -0.320 e. The molecule has 3 N–H and O–H groups in total. The summed E-state index contributed by atoms with van der Waals surface area (Å²) in [5.41, 5.74) is 9.91. The van der Waals surface area contributed by atoms with Crippen LogP contribution < -0.4 is 11.1 Å². The van der Waals surface area contributed by atoms with Gasteiger partial charge in [0.2, 0.25) is 0 Å². The van der Waals surface area contributed by atoms with Crippen LogP contribution in [0.1, 0.15) is 22.7 Å². The standard InChI is InChI=1S/C15H18N2.2ClH/c1-17-11-13-9-5-6-10-14(13)15(16)12-7-3-2-4-8-12;;/h2-10,15,17H,11,16H2,1H3;2*1H. The van der Waals surface area contributed by atoms with Gasteiger partial charge in [0.15, 0.2) is 0 Å². The molecule has 0 saturated heterocycles. The smallest absolute Gasteiger partial charge is 0.0554 e. The first-order valence-electron chi connectivity index (χ1n) is 5.86. The van der Waals surface area contributed by atoms with Gasteiger partial charge in [-0.1, -0.05) is 54.6 Å². The summed E-state index contributed by atoms with van der Waals surface area (Å²) < 4.78 is 0. The predicted molar refractivity (Wildman–Crippen MR) is 86.2 cm³/mol. The Labute approximate surface area is 127 Å². The Morgan fingerprint density at radius 2 is 1.53 bits per heavy atom. The van der Waals surface area contributed by atoms with Gasteiger partial charge in [0.05, 0.1) is 6.04 Å². The average molecular weight is 299 g/mol. The normalized spacial score (nSPS) is 11.1. The molecule has 0 aliphatic carbocycles. The van der Waals surface area contributed by atoms with E-state index in [1.165, 1.54) is 11.1 Å². The third kappa shape index (κ3) is 4.51. The lowest BCUT2D eigenvalue weighted by molar-refractivity contribution is 0.778. The van der Waals surface area contributed by atoms with Crippen molar-refractivity contribution in [3.63, 3.8) is 0 Å². The zero-order valence-electron chi connectivity index (χ0n) is 10.9. The van der Waals surface area contributed by atoms with Gasteiger partial charge in [-0.3, -0.25) is 0 Å². The first-order valence-corrected chi connectivity index (χ1v) is 5.86. The third-order valence-corrected chi connectivity index (χ3v) is 2.92. The van der Waals surface area contributed by atoms with Crippen LogP contribution in [0, 0.1) is 0 Å². The molecule has 104 valence electrons. The molecule has 0 spiro atoms. The second-order valence-corrected chi connectivity index (χ2v) is 4.12. The topological polar surface area (TPSA) is 38.0 Å². The van der Waals surface area contributed by atoms with Crippen molar-refractivity contribution < 1.29 is 0 Å². The minimum absolute atomic E-state index is 0. The van der Waals surface area contributed by atoms with Crippen LogP contribution in [0.4, 0.5) is 0 Å². The summed E-state index contributed by atoms with van der Waals surface area (Å²) in [5, 5.41) is 3.18. The van der Waals surface area contributed by atoms with E-state index >= 15 is 0 Å². The van der Waals surface area contributed by atoms with Crippen LogP contribution in [0.2, 0.25) is 0 Å². The lowest BCUT2D eigenvalue weighted by Crippen LogP contribution is -2.16. The predicted octanol–water partition coefficient (Wildman–Crippen LogP) is 3.30. The van der Waals surface area contributed by atoms with Crippen molar-refractivity contribution in [2.24, 2.45) is 5.73 Å². The zero-order valence-corrected chi connectivity index (χ0v) is 12.5. The van der Waals surface area contributed by atoms with Gasteiger partial charge in [0.25, 0.3) is 0 Å². The van der Waals surface area contributed by atoms with E-state index in [1.807, 2.05) is 37.4 Å². The van der Waals surface area contributed by atoms with Crippen LogP contribution in [0.3, 0.4) is 0 Å². The minimum atomic E-state index is -0.0549. The first-order chi connectivity index (χ1) is 8.33. The van der Waals surface area contributed by atoms with E-state index in [1.54, 1.807) is 0 Å². The van der Waals surface area contributed by atoms with Crippen molar-refractivity contribution in [1.29, 1.82) is 0 Å². The number of nitrogens with one attached hydrogen (secondary N) is 1. The summed E-state index contributed by atoms with van der Waals surface area (Å²) in [4.78, 5) is 0. The van der Waals surface area contributed by atoms with E-state index < -0.39 is 0 Å². The van der Waals surface area contributed by atoms with E-state index in [2.05, 4.69) is 29.6 Å². The van der Waals surface area contributed by atoms with Crippen LogP contribution in [0.5, 0.6) is 0 Å². The maximum absolute atomic E-state index is 6.32. The van der Waals surface area contributed by atoms with E-state index in [4.69, 9.17) is 5.73 Å². The highest BCUT2D eigenvalue weighted by molar-refractivity contribution is 5.85. The molecule has 0 aliphatic heterocycles. The molecule has 0 aromatic heterocycles. The van der Waals surface area contributed by atoms with Gasteiger partial charge in [-0.15, -0.1) is 24.8 Å². The van der Waals surface area contributed by atoms with E-state index in [9.17, 15) is 0 Å². The Morgan fingerprint density at radius 1 is 0.947 bits per heavy atom. The fraction of sp³-hybridized carbons (Fsp3) is 0.200. The van der Waals surface area contributed by atoms with Gasteiger partial charge in [-0.05, 0) is 23.7 Å². The van der Waals surface area contributed by atoms with Crippen LogP contribution in [0.15, 0.2) is 54.6 Å². The maximum Gasteiger partial charge on any atom is 0.0554 e. The van der Waals surface area contributed by atoms with Gasteiger partial charge in [-0.2, -0.15) is 0 Å². The molecule has 2 nitrogen and oxygen atoms in total. The van der Waals surface area contributed by atoms with Crippen LogP contribution >= 0.6 is 24.8 Å². The summed E-state index contributed by atoms with van der Waals surface area (Å²) in [7, 11) is 1.95. The summed E-state index contributed by atoms with van der Waals surface area (Å²) in [6, 6.07) is 18.5. The molecule has 0 radical (unpaired) electrons. The van der Waals surface area contributed by atoms with Gasteiger partial charge < -0.3 is 11.1 Å². The first kappa shape index (κ1) is 17.9. The molecule has 0 saturated carbocycles. The molecule has 0 heterocycles. The summed E-state index contributed by atoms with van der Waals surface area (Å²) in [5.74, 6) is 0. The maximum atomic E-state index is 6.32. The molecule has 0 aliphatic rings. The number of nitrogens with two attached hydrogens (primary N) is 1. The van der Waals surface area contributed by atoms with Gasteiger partial charge in [0, 0.05) is 6.54 Å². The van der Waals surface area contributed by atoms with E-state index in [0.29, 0.717) is 0 Å². The number of halogens is 2. The number of hydrogen-bond acceptors (Lipinski definition) is 2. The highest BCUT2D eigenvalue weighted by Gasteiger charge is 2.11. The molecule has 0 amide bonds. The highest BCUT2D eigenvalue weighted by Crippen LogP contribution is 2.22. The van der Waals surface area contributed by atoms with Crippen molar-refractivity contribution in [1.82, 2.24) is 5.32 Å². The molecule has 1 unspecified atom stereocenters. The molecular weight excluding hydrogens is 279 g/mol. The molecule has 2 rings (SSSR count). The van der Waals surface area contributed by atoms with Crippen LogP contribution in [-0.2, 0) is 6.54 Å². The monoisotopic (exact) mass is 298 g/mol. The van der Waals surface area contributed by atoms with Gasteiger partial charge in [-0.25, -0.2) is 0 Å². The number of rotatable bonds is 4. The van der Waals surface area contributed by atoms with Crippen molar-refractivity contribution >= 4 is 24.8 Å². The van der Waals surface area contributed by atoms with Crippen LogP contribution in [-0.4, -0.2) is 7.05 Å². The summed E-state index contributed by atoms with van der Waals surface area (Å²) >= 11 is 0. The fourth-order valence-electron chi connectivity index (χ4n) is 2.03. The Kier molecular flexibility index (Phi) is 8.44. The lowest BCUT2D eigenvalue weighted by atomic mass is 9.95. The summed E-state index contributed by atoms with van der Waals surface area (Å²) in [6.07, 6.45) is 0. The molecular formula is C15H20Cl2N2. The Balaban J connectivity index is 0.00000162. The van der Waals surface area contributed by atoms with Crippen molar-refractivity contribution in [2.75, 3.05) is 7.05 Å². The third-order valence-electron chi connectivity index (χ3n) is 2.92. The Hall–Kier alpha value is -1.06. The molecule has 0 fully saturated rings. The molecule has 2 aromatic carbocycles. The number of hydrogen-bond donors (Lipinski definition) is 2. The molecule has 4 heteroatoms. The second-order valence-electron chi connectivity index (χ2n) is 4.12. The van der Waals surface area contributed by atoms with Crippen LogP contribution in [0.25, 0.3) is 0 Å². The molecule has 2 aromatic rings. The van der Waals surface area contributed by atoms with Crippen molar-refractivity contribution in [2.45, 2.75) is 12.6 Å². The SMILES string of the molecule is CNCc1ccccc1C(N)c1ccccc1.Cl.Cl. The fourth-order valence-corrected chi connectivity index (χ4v) is 2.03. The van der Waals surface area contributed by atoms with Gasteiger partial charge in [0.1, 0.15) is 0 Å². The lowest BCUT2D eigenvalue weighted by Gasteiger charge is -2.16. The average Bonchev–Trinajstić information content (AvgIpc) is 2.40. The van der Waals surface area contributed by atoms with Gasteiger partial charge >= 0.3 is 0 Å². The zero-order chi connectivity index (χ0) is 12.1. The summed E-state index contributed by atoms with van der Waals surface area (Å²) in [6.45, 7) is 0.844. The van der Waals surface area contributed by atoms with Crippen molar-refractivity contribution in [3.05, 3.63) is 71.3 Å². The number of benzene rings is 2. The molecule has 19 heavy (non-hydrogen) atoms. The van der Waals surface area contributed by atoms with E-state index in [0.717, 1.165) is 12.1 Å². The highest BCUT2D eigenvalue weighted by atomic mass is 35.5. The van der Waals surface area contributed by atoms with E-state index in [-0.39, 0.29) is 30.9 Å². The largest absolute Gasteiger partial charge is 0.320 e. The second kappa shape index (κ2) is 8.94. The Bertz CT molecular complexity index is 475. The molecule has 1 atom stereocenters. The quantitative estimate of drug-likeness (QED) is 0.909. The Morgan fingerprint density at radius 3 is 2.16 bits per heavy atom. The van der Waals surface area contributed by atoms with Crippen molar-refractivity contribution in [3.8, 4) is 0 Å².